The van der Waals surface area contributed by atoms with Gasteiger partial charge >= 0.3 is 0 Å². The van der Waals surface area contributed by atoms with Crippen molar-refractivity contribution in [2.75, 3.05) is 63.4 Å². The molecule has 2 fully saturated rings. The van der Waals surface area contributed by atoms with Gasteiger partial charge in [-0.05, 0) is 30.2 Å². The fourth-order valence-electron chi connectivity index (χ4n) is 4.33. The molecule has 166 valence electrons. The molecule has 0 bridgehead atoms. The number of aliphatic imine (C=N–C) groups is 1. The van der Waals surface area contributed by atoms with Crippen molar-refractivity contribution in [2.45, 2.75) is 19.0 Å². The third kappa shape index (κ3) is 5.22. The molecule has 1 atom stereocenters. The molecule has 0 spiro atoms. The SMILES string of the molecule is CN=C(NCc1ccccc1N1CCOCC1)NC1CCN(c2ccccc2OC)C1. The zero-order valence-electron chi connectivity index (χ0n) is 18.5. The third-order valence-corrected chi connectivity index (χ3v) is 5.97. The molecule has 2 heterocycles. The van der Waals surface area contributed by atoms with Crippen LogP contribution in [0.3, 0.4) is 0 Å². The number of para-hydroxylation sites is 3. The van der Waals surface area contributed by atoms with E-state index >= 15 is 0 Å². The first-order valence-corrected chi connectivity index (χ1v) is 11.0. The molecule has 2 aliphatic rings. The fraction of sp³-hybridized carbons (Fsp3) is 0.458. The van der Waals surface area contributed by atoms with Gasteiger partial charge in [-0.25, -0.2) is 0 Å². The van der Waals surface area contributed by atoms with Gasteiger partial charge < -0.3 is 29.9 Å². The lowest BCUT2D eigenvalue weighted by Gasteiger charge is -2.30. The van der Waals surface area contributed by atoms with E-state index < -0.39 is 0 Å². The highest BCUT2D eigenvalue weighted by atomic mass is 16.5. The maximum absolute atomic E-state index is 5.53. The summed E-state index contributed by atoms with van der Waals surface area (Å²) in [5.74, 6) is 1.76. The van der Waals surface area contributed by atoms with Crippen molar-refractivity contribution in [1.82, 2.24) is 10.6 Å². The van der Waals surface area contributed by atoms with Crippen LogP contribution in [0.2, 0.25) is 0 Å². The molecule has 0 radical (unpaired) electrons. The highest BCUT2D eigenvalue weighted by Crippen LogP contribution is 2.30. The maximum Gasteiger partial charge on any atom is 0.191 e. The first-order valence-electron chi connectivity index (χ1n) is 11.0. The first-order chi connectivity index (χ1) is 15.3. The summed E-state index contributed by atoms with van der Waals surface area (Å²) in [5, 5.41) is 7.10. The molecule has 2 saturated heterocycles. The van der Waals surface area contributed by atoms with Crippen LogP contribution in [0.15, 0.2) is 53.5 Å². The molecule has 2 aromatic carbocycles. The zero-order valence-corrected chi connectivity index (χ0v) is 18.5. The van der Waals surface area contributed by atoms with E-state index in [1.807, 2.05) is 19.2 Å². The van der Waals surface area contributed by atoms with Crippen molar-refractivity contribution >= 4 is 17.3 Å². The summed E-state index contributed by atoms with van der Waals surface area (Å²) in [5.41, 5.74) is 3.70. The van der Waals surface area contributed by atoms with E-state index in [-0.39, 0.29) is 0 Å². The minimum absolute atomic E-state index is 0.339. The van der Waals surface area contributed by atoms with Crippen LogP contribution in [0.5, 0.6) is 5.75 Å². The normalized spacial score (nSPS) is 19.4. The van der Waals surface area contributed by atoms with Crippen molar-refractivity contribution < 1.29 is 9.47 Å². The molecule has 4 rings (SSSR count). The Hall–Kier alpha value is -2.93. The number of benzene rings is 2. The van der Waals surface area contributed by atoms with Gasteiger partial charge in [0.25, 0.3) is 0 Å². The number of rotatable bonds is 6. The molecule has 2 N–H and O–H groups in total. The topological polar surface area (TPSA) is 61.4 Å². The van der Waals surface area contributed by atoms with Crippen molar-refractivity contribution in [1.29, 1.82) is 0 Å². The predicted octanol–water partition coefficient (Wildman–Crippen LogP) is 2.48. The van der Waals surface area contributed by atoms with Crippen LogP contribution in [0, 0.1) is 0 Å². The zero-order chi connectivity index (χ0) is 21.5. The number of methoxy groups -OCH3 is 1. The number of ether oxygens (including phenoxy) is 2. The first kappa shape index (κ1) is 21.3. The minimum atomic E-state index is 0.339. The molecule has 2 aromatic rings. The fourth-order valence-corrected chi connectivity index (χ4v) is 4.33. The third-order valence-electron chi connectivity index (χ3n) is 5.97. The Kier molecular flexibility index (Phi) is 7.14. The van der Waals surface area contributed by atoms with Crippen LogP contribution in [-0.4, -0.2) is 65.6 Å². The predicted molar refractivity (Wildman–Crippen MR) is 126 cm³/mol. The molecule has 0 amide bonds. The monoisotopic (exact) mass is 423 g/mol. The van der Waals surface area contributed by atoms with Gasteiger partial charge in [-0.2, -0.15) is 0 Å². The van der Waals surface area contributed by atoms with E-state index in [9.17, 15) is 0 Å². The Morgan fingerprint density at radius 3 is 2.55 bits per heavy atom. The Balaban J connectivity index is 1.34. The van der Waals surface area contributed by atoms with E-state index in [4.69, 9.17) is 9.47 Å². The highest BCUT2D eigenvalue weighted by Gasteiger charge is 2.25. The van der Waals surface area contributed by atoms with E-state index in [1.165, 1.54) is 11.3 Å². The Bertz CT molecular complexity index is 882. The molecule has 7 nitrogen and oxygen atoms in total. The molecule has 0 saturated carbocycles. The van der Waals surface area contributed by atoms with Gasteiger partial charge in [-0.1, -0.05) is 30.3 Å². The lowest BCUT2D eigenvalue weighted by Crippen LogP contribution is -2.44. The second-order valence-electron chi connectivity index (χ2n) is 7.90. The van der Waals surface area contributed by atoms with Gasteiger partial charge in [0, 0.05) is 51.5 Å². The second-order valence-corrected chi connectivity index (χ2v) is 7.90. The lowest BCUT2D eigenvalue weighted by molar-refractivity contribution is 0.122. The molecular formula is C24H33N5O2. The Labute approximate surface area is 185 Å². The number of anilines is 2. The average Bonchev–Trinajstić information content (AvgIpc) is 3.30. The number of nitrogens with zero attached hydrogens (tertiary/aromatic N) is 3. The molecular weight excluding hydrogens is 390 g/mol. The molecule has 0 aromatic heterocycles. The van der Waals surface area contributed by atoms with Crippen LogP contribution >= 0.6 is 0 Å². The largest absolute Gasteiger partial charge is 0.495 e. The summed E-state index contributed by atoms with van der Waals surface area (Å²) >= 11 is 0. The molecule has 31 heavy (non-hydrogen) atoms. The standard InChI is InChI=1S/C24H33N5O2/c1-25-24(26-17-19-7-3-4-8-21(19)28-13-15-31-16-14-28)27-20-11-12-29(18-20)22-9-5-6-10-23(22)30-2/h3-10,20H,11-18H2,1-2H3,(H2,25,26,27). The summed E-state index contributed by atoms with van der Waals surface area (Å²) < 4.78 is 11.0. The van der Waals surface area contributed by atoms with Crippen LogP contribution in [0.1, 0.15) is 12.0 Å². The van der Waals surface area contributed by atoms with Gasteiger partial charge in [0.1, 0.15) is 5.75 Å². The molecule has 7 heteroatoms. The molecule has 2 aliphatic heterocycles. The van der Waals surface area contributed by atoms with Gasteiger partial charge in [-0.15, -0.1) is 0 Å². The maximum atomic E-state index is 5.53. The summed E-state index contributed by atoms with van der Waals surface area (Å²) in [7, 11) is 3.56. The summed E-state index contributed by atoms with van der Waals surface area (Å²) in [6, 6.07) is 17.1. The van der Waals surface area contributed by atoms with Crippen LogP contribution < -0.4 is 25.2 Å². The number of morpholine rings is 1. The van der Waals surface area contributed by atoms with Crippen molar-refractivity contribution in [3.8, 4) is 5.75 Å². The van der Waals surface area contributed by atoms with Gasteiger partial charge in [0.05, 0.1) is 26.0 Å². The number of hydrogen-bond donors (Lipinski definition) is 2. The number of guanidine groups is 1. The number of hydrogen-bond acceptors (Lipinski definition) is 5. The average molecular weight is 424 g/mol. The summed E-state index contributed by atoms with van der Waals surface area (Å²) in [6.07, 6.45) is 1.06. The quantitative estimate of drug-likeness (QED) is 0.550. The van der Waals surface area contributed by atoms with Crippen molar-refractivity contribution in [3.63, 3.8) is 0 Å². The minimum Gasteiger partial charge on any atom is -0.495 e. The van der Waals surface area contributed by atoms with Gasteiger partial charge in [0.2, 0.25) is 0 Å². The van der Waals surface area contributed by atoms with Gasteiger partial charge in [0.15, 0.2) is 5.96 Å². The van der Waals surface area contributed by atoms with E-state index in [0.29, 0.717) is 6.04 Å². The van der Waals surface area contributed by atoms with Gasteiger partial charge in [-0.3, -0.25) is 4.99 Å². The molecule has 1 unspecified atom stereocenters. The summed E-state index contributed by atoms with van der Waals surface area (Å²) in [6.45, 7) is 6.09. The lowest BCUT2D eigenvalue weighted by atomic mass is 10.1. The van der Waals surface area contributed by atoms with Crippen molar-refractivity contribution in [3.05, 3.63) is 54.1 Å². The Morgan fingerprint density at radius 1 is 1.03 bits per heavy atom. The smallest absolute Gasteiger partial charge is 0.191 e. The van der Waals surface area contributed by atoms with Crippen molar-refractivity contribution in [2.24, 2.45) is 4.99 Å². The van der Waals surface area contributed by atoms with E-state index in [1.54, 1.807) is 7.11 Å². The van der Waals surface area contributed by atoms with Crippen LogP contribution in [-0.2, 0) is 11.3 Å². The van der Waals surface area contributed by atoms with Crippen LogP contribution in [0.25, 0.3) is 0 Å². The molecule has 0 aliphatic carbocycles. The number of nitrogens with one attached hydrogen (secondary N) is 2. The highest BCUT2D eigenvalue weighted by molar-refractivity contribution is 5.80. The van der Waals surface area contributed by atoms with Crippen LogP contribution in [0.4, 0.5) is 11.4 Å². The summed E-state index contributed by atoms with van der Waals surface area (Å²) in [4.78, 5) is 9.23. The second kappa shape index (κ2) is 10.4. The Morgan fingerprint density at radius 2 is 1.77 bits per heavy atom. The van der Waals surface area contributed by atoms with E-state index in [0.717, 1.165) is 69.8 Å². The van der Waals surface area contributed by atoms with E-state index in [2.05, 4.69) is 61.8 Å².